The zero-order valence-electron chi connectivity index (χ0n) is 14.2. The van der Waals surface area contributed by atoms with E-state index >= 15 is 0 Å². The standard InChI is InChI=1S/C18H34N4/c1-17(5-3-11-21-13-7-19-8-14-21)18(2)6-4-12-22-15-9-20-10-16-22/h19-20H,1-16H2. The molecule has 0 radical (unpaired) electrons. The van der Waals surface area contributed by atoms with Gasteiger partial charge < -0.3 is 20.4 Å². The molecule has 4 nitrogen and oxygen atoms in total. The van der Waals surface area contributed by atoms with Crippen LogP contribution in [0.4, 0.5) is 0 Å². The van der Waals surface area contributed by atoms with E-state index in [9.17, 15) is 0 Å². The van der Waals surface area contributed by atoms with Gasteiger partial charge in [-0.2, -0.15) is 0 Å². The van der Waals surface area contributed by atoms with Crippen LogP contribution in [0.15, 0.2) is 24.3 Å². The summed E-state index contributed by atoms with van der Waals surface area (Å²) in [4.78, 5) is 5.11. The molecular weight excluding hydrogens is 272 g/mol. The van der Waals surface area contributed by atoms with Crippen LogP contribution >= 0.6 is 0 Å². The average molecular weight is 306 g/mol. The first-order chi connectivity index (χ1) is 10.8. The topological polar surface area (TPSA) is 30.5 Å². The van der Waals surface area contributed by atoms with E-state index < -0.39 is 0 Å². The lowest BCUT2D eigenvalue weighted by Crippen LogP contribution is -2.43. The third-order valence-electron chi connectivity index (χ3n) is 4.83. The molecule has 4 heteroatoms. The zero-order valence-corrected chi connectivity index (χ0v) is 14.2. The molecule has 0 aromatic carbocycles. The van der Waals surface area contributed by atoms with Gasteiger partial charge in [-0.25, -0.2) is 0 Å². The molecule has 2 heterocycles. The Morgan fingerprint density at radius 3 is 1.41 bits per heavy atom. The Labute approximate surface area is 136 Å². The molecule has 2 rings (SSSR count). The highest BCUT2D eigenvalue weighted by molar-refractivity contribution is 5.24. The third-order valence-corrected chi connectivity index (χ3v) is 4.83. The van der Waals surface area contributed by atoms with Gasteiger partial charge in [0.1, 0.15) is 0 Å². The summed E-state index contributed by atoms with van der Waals surface area (Å²) < 4.78 is 0. The Morgan fingerprint density at radius 1 is 0.682 bits per heavy atom. The summed E-state index contributed by atoms with van der Waals surface area (Å²) in [5.74, 6) is 0. The van der Waals surface area contributed by atoms with Crippen LogP contribution in [-0.2, 0) is 0 Å². The minimum atomic E-state index is 1.11. The van der Waals surface area contributed by atoms with Crippen molar-refractivity contribution >= 4 is 0 Å². The summed E-state index contributed by atoms with van der Waals surface area (Å²) in [6, 6.07) is 0. The van der Waals surface area contributed by atoms with Gasteiger partial charge in [-0.05, 0) is 38.8 Å². The highest BCUT2D eigenvalue weighted by Crippen LogP contribution is 2.18. The van der Waals surface area contributed by atoms with Gasteiger partial charge >= 0.3 is 0 Å². The van der Waals surface area contributed by atoms with Gasteiger partial charge in [0.15, 0.2) is 0 Å². The summed E-state index contributed by atoms with van der Waals surface area (Å²) in [5.41, 5.74) is 2.55. The molecule has 22 heavy (non-hydrogen) atoms. The first-order valence-corrected chi connectivity index (χ1v) is 8.98. The zero-order chi connectivity index (χ0) is 15.6. The van der Waals surface area contributed by atoms with Crippen molar-refractivity contribution in [3.63, 3.8) is 0 Å². The number of allylic oxidation sites excluding steroid dienone is 2. The number of hydrogen-bond acceptors (Lipinski definition) is 4. The van der Waals surface area contributed by atoms with Gasteiger partial charge in [0, 0.05) is 52.4 Å². The minimum absolute atomic E-state index is 1.11. The van der Waals surface area contributed by atoms with Gasteiger partial charge in [-0.3, -0.25) is 0 Å². The molecule has 2 aliphatic rings. The van der Waals surface area contributed by atoms with Crippen LogP contribution in [0.2, 0.25) is 0 Å². The SMILES string of the molecule is C=C(CCCN1CCNCC1)C(=C)CCCN1CCNCC1. The van der Waals surface area contributed by atoms with E-state index in [1.165, 1.54) is 63.3 Å². The Kier molecular flexibility index (Phi) is 8.16. The molecule has 126 valence electrons. The summed E-state index contributed by atoms with van der Waals surface area (Å²) >= 11 is 0. The fourth-order valence-corrected chi connectivity index (χ4v) is 3.26. The Morgan fingerprint density at radius 2 is 1.05 bits per heavy atom. The molecule has 0 spiro atoms. The van der Waals surface area contributed by atoms with Gasteiger partial charge in [0.2, 0.25) is 0 Å². The van der Waals surface area contributed by atoms with Crippen LogP contribution in [0.3, 0.4) is 0 Å². The molecule has 0 aromatic heterocycles. The molecule has 0 amide bonds. The van der Waals surface area contributed by atoms with Crippen LogP contribution in [0, 0.1) is 0 Å². The van der Waals surface area contributed by atoms with E-state index in [1.54, 1.807) is 0 Å². The summed E-state index contributed by atoms with van der Waals surface area (Å²) in [5, 5.41) is 6.80. The maximum atomic E-state index is 4.25. The predicted octanol–water partition coefficient (Wildman–Crippen LogP) is 1.47. The number of nitrogens with zero attached hydrogens (tertiary/aromatic N) is 2. The fourth-order valence-electron chi connectivity index (χ4n) is 3.26. The van der Waals surface area contributed by atoms with Crippen molar-refractivity contribution in [3.8, 4) is 0 Å². The second-order valence-electron chi connectivity index (χ2n) is 6.60. The molecule has 0 unspecified atom stereocenters. The average Bonchev–Trinajstić information content (AvgIpc) is 2.56. The van der Waals surface area contributed by atoms with Crippen molar-refractivity contribution in [3.05, 3.63) is 24.3 Å². The highest BCUT2D eigenvalue weighted by atomic mass is 15.2. The summed E-state index contributed by atoms with van der Waals surface area (Å²) in [6.45, 7) is 20.2. The van der Waals surface area contributed by atoms with Crippen LogP contribution in [-0.4, -0.2) is 75.2 Å². The minimum Gasteiger partial charge on any atom is -0.314 e. The summed E-state index contributed by atoms with van der Waals surface area (Å²) in [6.07, 6.45) is 4.65. The lowest BCUT2D eigenvalue weighted by molar-refractivity contribution is 0.237. The first kappa shape index (κ1) is 17.7. The van der Waals surface area contributed by atoms with Crippen molar-refractivity contribution in [2.45, 2.75) is 25.7 Å². The second-order valence-corrected chi connectivity index (χ2v) is 6.60. The molecule has 2 fully saturated rings. The number of hydrogen-bond donors (Lipinski definition) is 2. The van der Waals surface area contributed by atoms with E-state index in [1.807, 2.05) is 0 Å². The van der Waals surface area contributed by atoms with E-state index in [-0.39, 0.29) is 0 Å². The van der Waals surface area contributed by atoms with Crippen LogP contribution in [0.1, 0.15) is 25.7 Å². The Hall–Kier alpha value is -0.680. The Balaban J connectivity index is 1.51. The molecule has 2 saturated heterocycles. The monoisotopic (exact) mass is 306 g/mol. The van der Waals surface area contributed by atoms with E-state index in [0.717, 1.165) is 39.0 Å². The number of piperazine rings is 2. The first-order valence-electron chi connectivity index (χ1n) is 8.98. The van der Waals surface area contributed by atoms with Crippen molar-refractivity contribution in [2.75, 3.05) is 65.4 Å². The maximum absolute atomic E-state index is 4.25. The molecule has 0 aromatic rings. The second kappa shape index (κ2) is 10.2. The van der Waals surface area contributed by atoms with Crippen LogP contribution < -0.4 is 10.6 Å². The van der Waals surface area contributed by atoms with Crippen molar-refractivity contribution in [1.29, 1.82) is 0 Å². The van der Waals surface area contributed by atoms with E-state index in [0.29, 0.717) is 0 Å². The lowest BCUT2D eigenvalue weighted by atomic mass is 10.00. The molecule has 0 atom stereocenters. The smallest absolute Gasteiger partial charge is 0.0107 e. The molecule has 0 bridgehead atoms. The van der Waals surface area contributed by atoms with Gasteiger partial charge in [0.05, 0.1) is 0 Å². The largest absolute Gasteiger partial charge is 0.314 e. The van der Waals surface area contributed by atoms with Gasteiger partial charge in [0.25, 0.3) is 0 Å². The van der Waals surface area contributed by atoms with Crippen molar-refractivity contribution in [1.82, 2.24) is 20.4 Å². The molecular formula is C18H34N4. The molecule has 0 aliphatic carbocycles. The number of rotatable bonds is 9. The third kappa shape index (κ3) is 6.61. The van der Waals surface area contributed by atoms with Crippen molar-refractivity contribution in [2.24, 2.45) is 0 Å². The highest BCUT2D eigenvalue weighted by Gasteiger charge is 2.11. The predicted molar refractivity (Wildman–Crippen MR) is 95.4 cm³/mol. The van der Waals surface area contributed by atoms with E-state index in [2.05, 4.69) is 33.6 Å². The maximum Gasteiger partial charge on any atom is 0.0107 e. The molecule has 0 saturated carbocycles. The van der Waals surface area contributed by atoms with Gasteiger partial charge in [-0.15, -0.1) is 0 Å². The van der Waals surface area contributed by atoms with Crippen LogP contribution in [0.25, 0.3) is 0 Å². The lowest BCUT2D eigenvalue weighted by Gasteiger charge is -2.27. The number of nitrogens with one attached hydrogen (secondary N) is 2. The molecule has 2 N–H and O–H groups in total. The van der Waals surface area contributed by atoms with E-state index in [4.69, 9.17) is 0 Å². The summed E-state index contributed by atoms with van der Waals surface area (Å²) in [7, 11) is 0. The Bertz CT molecular complexity index is 307. The van der Waals surface area contributed by atoms with Gasteiger partial charge in [-0.1, -0.05) is 24.3 Å². The quantitative estimate of drug-likeness (QED) is 0.632. The molecule has 2 aliphatic heterocycles. The fraction of sp³-hybridized carbons (Fsp3) is 0.778. The van der Waals surface area contributed by atoms with Crippen LogP contribution in [0.5, 0.6) is 0 Å². The van der Waals surface area contributed by atoms with Crippen molar-refractivity contribution < 1.29 is 0 Å². The normalized spacial score (nSPS) is 20.9.